The molecule has 2 aliphatic heterocycles. The summed E-state index contributed by atoms with van der Waals surface area (Å²) in [6.45, 7) is 6.60. The summed E-state index contributed by atoms with van der Waals surface area (Å²) < 4.78 is 35.9. The average molecular weight is 530 g/mol. The lowest BCUT2D eigenvalue weighted by molar-refractivity contribution is 0.254. The Morgan fingerprint density at radius 1 is 1.05 bits per heavy atom. The van der Waals surface area contributed by atoms with Crippen LogP contribution in [0.25, 0.3) is 10.9 Å². The number of hydrogen-bond donors (Lipinski definition) is 1. The minimum absolute atomic E-state index is 0.0894. The van der Waals surface area contributed by atoms with Crippen LogP contribution in [-0.2, 0) is 9.84 Å². The van der Waals surface area contributed by atoms with Crippen molar-refractivity contribution in [1.82, 2.24) is 25.1 Å². The van der Waals surface area contributed by atoms with E-state index in [4.69, 9.17) is 19.4 Å². The second-order valence-electron chi connectivity index (χ2n) is 9.73. The first-order valence-corrected chi connectivity index (χ1v) is 14.6. The first kappa shape index (κ1) is 25.5. The van der Waals surface area contributed by atoms with Crippen LogP contribution in [0.5, 0.6) is 11.5 Å². The minimum Gasteiger partial charge on any atom is -0.493 e. The molecule has 11 nitrogen and oxygen atoms in total. The van der Waals surface area contributed by atoms with Gasteiger partial charge in [0.25, 0.3) is 0 Å². The maximum absolute atomic E-state index is 12.0. The molecule has 0 amide bonds. The van der Waals surface area contributed by atoms with Crippen molar-refractivity contribution in [2.75, 3.05) is 74.8 Å². The Hall–Kier alpha value is -3.12. The van der Waals surface area contributed by atoms with Crippen molar-refractivity contribution < 1.29 is 17.9 Å². The van der Waals surface area contributed by atoms with Gasteiger partial charge in [-0.1, -0.05) is 0 Å². The molecule has 2 aromatic heterocycles. The van der Waals surface area contributed by atoms with E-state index in [0.29, 0.717) is 54.3 Å². The maximum atomic E-state index is 12.0. The SMILES string of the molecule is COc1cc2c(N(C)c3cc(C)[nH]n3)nc(N3CCS(=O)(=O)CC3)nc2cc1OCCCN1CCCC1. The molecule has 2 fully saturated rings. The number of benzene rings is 1. The normalized spacial score (nSPS) is 17.9. The number of nitrogens with one attached hydrogen (secondary N) is 1. The molecule has 0 unspecified atom stereocenters. The van der Waals surface area contributed by atoms with Gasteiger partial charge in [-0.3, -0.25) is 5.10 Å². The molecule has 0 bridgehead atoms. The van der Waals surface area contributed by atoms with Crippen LogP contribution < -0.4 is 19.3 Å². The lowest BCUT2D eigenvalue weighted by Gasteiger charge is -2.28. The van der Waals surface area contributed by atoms with Crippen LogP contribution in [0.15, 0.2) is 18.2 Å². The van der Waals surface area contributed by atoms with Crippen LogP contribution in [0.2, 0.25) is 0 Å². The molecule has 5 rings (SSSR count). The molecule has 4 heterocycles. The highest BCUT2D eigenvalue weighted by Crippen LogP contribution is 2.38. The minimum atomic E-state index is -3.03. The Bertz CT molecular complexity index is 1340. The summed E-state index contributed by atoms with van der Waals surface area (Å²) in [4.78, 5) is 16.0. The van der Waals surface area contributed by atoms with Crippen molar-refractivity contribution in [3.8, 4) is 11.5 Å². The van der Waals surface area contributed by atoms with Crippen molar-refractivity contribution >= 4 is 38.3 Å². The highest BCUT2D eigenvalue weighted by Gasteiger charge is 2.26. The van der Waals surface area contributed by atoms with E-state index in [9.17, 15) is 8.42 Å². The third-order valence-electron chi connectivity index (χ3n) is 7.01. The number of methoxy groups -OCH3 is 1. The van der Waals surface area contributed by atoms with Crippen molar-refractivity contribution in [2.24, 2.45) is 0 Å². The molecule has 0 radical (unpaired) electrons. The fraction of sp³-hybridized carbons (Fsp3) is 0.560. The molecule has 2 saturated heterocycles. The molecule has 0 spiro atoms. The predicted molar refractivity (Wildman–Crippen MR) is 144 cm³/mol. The van der Waals surface area contributed by atoms with Gasteiger partial charge in [-0.2, -0.15) is 10.1 Å². The molecule has 1 aromatic carbocycles. The van der Waals surface area contributed by atoms with Crippen LogP contribution >= 0.6 is 0 Å². The van der Waals surface area contributed by atoms with Crippen molar-refractivity contribution in [3.63, 3.8) is 0 Å². The number of aryl methyl sites for hydroxylation is 1. The summed E-state index contributed by atoms with van der Waals surface area (Å²) in [7, 11) is 0.497. The standard InChI is InChI=1S/C25H35N7O4S/c1-18-15-23(29-28-18)30(2)24-19-16-21(35-3)22(36-12-6-9-31-7-4-5-8-31)17-20(19)26-25(27-24)32-10-13-37(33,34)14-11-32/h15-17H,4-14H2,1-3H3,(H,28,29). The van der Waals surface area contributed by atoms with Gasteiger partial charge >= 0.3 is 0 Å². The van der Waals surface area contributed by atoms with Gasteiger partial charge in [0, 0.05) is 49.9 Å². The molecule has 3 aromatic rings. The van der Waals surface area contributed by atoms with E-state index < -0.39 is 9.84 Å². The second-order valence-corrected chi connectivity index (χ2v) is 12.0. The summed E-state index contributed by atoms with van der Waals surface area (Å²) in [6, 6.07) is 5.74. The summed E-state index contributed by atoms with van der Waals surface area (Å²) in [5.74, 6) is 3.28. The third kappa shape index (κ3) is 5.74. The van der Waals surface area contributed by atoms with Crippen LogP contribution in [0.3, 0.4) is 0 Å². The van der Waals surface area contributed by atoms with Gasteiger partial charge in [0.1, 0.15) is 5.82 Å². The summed E-state index contributed by atoms with van der Waals surface area (Å²) in [5, 5.41) is 8.15. The average Bonchev–Trinajstić information content (AvgIpc) is 3.57. The number of aromatic nitrogens is 4. The Balaban J connectivity index is 1.48. The Kier molecular flexibility index (Phi) is 7.38. The summed E-state index contributed by atoms with van der Waals surface area (Å²) in [6.07, 6.45) is 3.49. The Morgan fingerprint density at radius 3 is 2.49 bits per heavy atom. The molecule has 0 saturated carbocycles. The van der Waals surface area contributed by atoms with E-state index in [-0.39, 0.29) is 11.5 Å². The molecule has 200 valence electrons. The second kappa shape index (κ2) is 10.7. The number of aromatic amines is 1. The molecular weight excluding hydrogens is 494 g/mol. The van der Waals surface area contributed by atoms with Gasteiger partial charge in [-0.05, 0) is 45.3 Å². The van der Waals surface area contributed by atoms with Gasteiger partial charge in [0.15, 0.2) is 27.2 Å². The molecule has 12 heteroatoms. The van der Waals surface area contributed by atoms with Crippen LogP contribution in [0, 0.1) is 6.92 Å². The lowest BCUT2D eigenvalue weighted by atomic mass is 10.2. The van der Waals surface area contributed by atoms with E-state index in [1.165, 1.54) is 25.9 Å². The van der Waals surface area contributed by atoms with Crippen molar-refractivity contribution in [1.29, 1.82) is 0 Å². The van der Waals surface area contributed by atoms with Gasteiger partial charge < -0.3 is 24.2 Å². The molecule has 0 atom stereocenters. The zero-order valence-electron chi connectivity index (χ0n) is 21.7. The van der Waals surface area contributed by atoms with E-state index in [2.05, 4.69) is 15.1 Å². The maximum Gasteiger partial charge on any atom is 0.227 e. The smallest absolute Gasteiger partial charge is 0.227 e. The molecule has 0 aliphatic carbocycles. The number of sulfone groups is 1. The number of rotatable bonds is 9. The number of likely N-dealkylation sites (tertiary alicyclic amines) is 1. The van der Waals surface area contributed by atoms with E-state index >= 15 is 0 Å². The number of ether oxygens (including phenoxy) is 2. The fourth-order valence-corrected chi connectivity index (χ4v) is 6.05. The fourth-order valence-electron chi connectivity index (χ4n) is 4.85. The topological polar surface area (TPSA) is 117 Å². The first-order chi connectivity index (χ1) is 17.8. The van der Waals surface area contributed by atoms with E-state index in [1.807, 2.05) is 42.0 Å². The monoisotopic (exact) mass is 529 g/mol. The van der Waals surface area contributed by atoms with E-state index in [1.54, 1.807) is 7.11 Å². The van der Waals surface area contributed by atoms with E-state index in [0.717, 1.165) is 24.0 Å². The van der Waals surface area contributed by atoms with Crippen molar-refractivity contribution in [3.05, 3.63) is 23.9 Å². The van der Waals surface area contributed by atoms with Gasteiger partial charge in [0.2, 0.25) is 5.95 Å². The van der Waals surface area contributed by atoms with Gasteiger partial charge in [-0.25, -0.2) is 13.4 Å². The third-order valence-corrected chi connectivity index (χ3v) is 8.61. The van der Waals surface area contributed by atoms with Crippen LogP contribution in [0.4, 0.5) is 17.6 Å². The lowest BCUT2D eigenvalue weighted by Crippen LogP contribution is -2.41. The number of fused-ring (bicyclic) bond motifs is 1. The largest absolute Gasteiger partial charge is 0.493 e. The number of anilines is 3. The number of H-pyrrole nitrogens is 1. The zero-order valence-corrected chi connectivity index (χ0v) is 22.6. The molecular formula is C25H35N7O4S. The summed E-state index contributed by atoms with van der Waals surface area (Å²) >= 11 is 0. The molecule has 1 N–H and O–H groups in total. The first-order valence-electron chi connectivity index (χ1n) is 12.8. The van der Waals surface area contributed by atoms with Crippen LogP contribution in [-0.4, -0.2) is 98.5 Å². The Labute approximate surface area is 217 Å². The van der Waals surface area contributed by atoms with Gasteiger partial charge in [-0.15, -0.1) is 0 Å². The summed E-state index contributed by atoms with van der Waals surface area (Å²) in [5.41, 5.74) is 1.63. The highest BCUT2D eigenvalue weighted by atomic mass is 32.2. The predicted octanol–water partition coefficient (Wildman–Crippen LogP) is 2.54. The molecule has 2 aliphatic rings. The molecule has 37 heavy (non-hydrogen) atoms. The quantitative estimate of drug-likeness (QED) is 0.415. The number of nitrogens with zero attached hydrogens (tertiary/aromatic N) is 6. The number of hydrogen-bond acceptors (Lipinski definition) is 10. The zero-order chi connectivity index (χ0) is 26.0. The van der Waals surface area contributed by atoms with Crippen molar-refractivity contribution in [2.45, 2.75) is 26.2 Å². The highest BCUT2D eigenvalue weighted by molar-refractivity contribution is 7.91. The van der Waals surface area contributed by atoms with Gasteiger partial charge in [0.05, 0.1) is 30.7 Å². The Morgan fingerprint density at radius 2 is 1.81 bits per heavy atom. The van der Waals surface area contributed by atoms with Crippen LogP contribution in [0.1, 0.15) is 25.0 Å².